The zero-order chi connectivity index (χ0) is 12.6. The van der Waals surface area contributed by atoms with E-state index in [0.717, 1.165) is 11.8 Å². The van der Waals surface area contributed by atoms with E-state index in [0.29, 0.717) is 5.69 Å². The van der Waals surface area contributed by atoms with Gasteiger partial charge in [-0.3, -0.25) is 9.78 Å². The molecule has 1 aromatic rings. The Labute approximate surface area is 98.1 Å². The van der Waals surface area contributed by atoms with Gasteiger partial charge in [0.15, 0.2) is 6.29 Å². The molecule has 88 valence electrons. The van der Waals surface area contributed by atoms with E-state index in [1.807, 2.05) is 0 Å². The van der Waals surface area contributed by atoms with Crippen LogP contribution in [0.5, 0.6) is 0 Å². The minimum absolute atomic E-state index is 0.0511. The summed E-state index contributed by atoms with van der Waals surface area (Å²) in [6, 6.07) is 2.11. The molecule has 0 bridgehead atoms. The van der Waals surface area contributed by atoms with Gasteiger partial charge < -0.3 is 0 Å². The van der Waals surface area contributed by atoms with Crippen molar-refractivity contribution in [1.82, 2.24) is 4.98 Å². The summed E-state index contributed by atoms with van der Waals surface area (Å²) >= 11 is 0. The molecule has 0 spiro atoms. The van der Waals surface area contributed by atoms with E-state index in [1.165, 1.54) is 5.56 Å². The quantitative estimate of drug-likeness (QED) is 0.677. The van der Waals surface area contributed by atoms with Crippen molar-refractivity contribution in [3.8, 4) is 0 Å². The molecule has 1 rings (SSSR count). The summed E-state index contributed by atoms with van der Waals surface area (Å²) in [5, 5.41) is 0. The normalized spacial score (nSPS) is 12.6. The molecule has 0 unspecified atom stereocenters. The lowest BCUT2D eigenvalue weighted by Gasteiger charge is -2.25. The Balaban J connectivity index is 3.39. The third kappa shape index (κ3) is 2.69. The van der Waals surface area contributed by atoms with Gasteiger partial charge in [0.05, 0.1) is 0 Å². The zero-order valence-electron chi connectivity index (χ0n) is 11.1. The molecule has 0 atom stereocenters. The highest BCUT2D eigenvalue weighted by Crippen LogP contribution is 2.29. The highest BCUT2D eigenvalue weighted by atomic mass is 16.1. The third-order valence-electron chi connectivity index (χ3n) is 2.70. The first-order valence-electron chi connectivity index (χ1n) is 5.62. The van der Waals surface area contributed by atoms with Crippen molar-refractivity contribution in [3.63, 3.8) is 0 Å². The lowest BCUT2D eigenvalue weighted by atomic mass is 9.81. The average molecular weight is 219 g/mol. The van der Waals surface area contributed by atoms with E-state index in [-0.39, 0.29) is 10.8 Å². The van der Waals surface area contributed by atoms with Gasteiger partial charge in [-0.15, -0.1) is 0 Å². The molecule has 16 heavy (non-hydrogen) atoms. The third-order valence-corrected chi connectivity index (χ3v) is 2.70. The van der Waals surface area contributed by atoms with Crippen LogP contribution in [0.1, 0.15) is 63.2 Å². The van der Waals surface area contributed by atoms with Crippen LogP contribution in [0, 0.1) is 0 Å². The summed E-state index contributed by atoms with van der Waals surface area (Å²) < 4.78 is 0. The maximum atomic E-state index is 11.0. The van der Waals surface area contributed by atoms with Gasteiger partial charge in [-0.2, -0.15) is 0 Å². The predicted molar refractivity (Wildman–Crippen MR) is 67.0 cm³/mol. The van der Waals surface area contributed by atoms with E-state index in [9.17, 15) is 4.79 Å². The van der Waals surface area contributed by atoms with E-state index in [2.05, 4.69) is 52.6 Å². The smallest absolute Gasteiger partial charge is 0.168 e. The van der Waals surface area contributed by atoms with Crippen molar-refractivity contribution < 1.29 is 4.79 Å². The van der Waals surface area contributed by atoms with Crippen LogP contribution in [-0.4, -0.2) is 11.3 Å². The van der Waals surface area contributed by atoms with Gasteiger partial charge in [0.25, 0.3) is 0 Å². The summed E-state index contributed by atoms with van der Waals surface area (Å²) in [6.07, 6.45) is 2.64. The van der Waals surface area contributed by atoms with Gasteiger partial charge in [-0.25, -0.2) is 0 Å². The van der Waals surface area contributed by atoms with Crippen molar-refractivity contribution in [1.29, 1.82) is 0 Å². The molecule has 2 heteroatoms. The second-order valence-corrected chi connectivity index (χ2v) is 6.27. The van der Waals surface area contributed by atoms with Crippen LogP contribution in [0.15, 0.2) is 12.3 Å². The number of hydrogen-bond donors (Lipinski definition) is 0. The Kier molecular flexibility index (Phi) is 3.22. The number of aldehydes is 1. The topological polar surface area (TPSA) is 30.0 Å². The van der Waals surface area contributed by atoms with Crippen LogP contribution in [0.2, 0.25) is 0 Å². The summed E-state index contributed by atoms with van der Waals surface area (Å²) in [5.41, 5.74) is 2.76. The Morgan fingerprint density at radius 1 is 1.06 bits per heavy atom. The molecular weight excluding hydrogens is 198 g/mol. The fourth-order valence-electron chi connectivity index (χ4n) is 1.58. The number of carbonyl (C=O) groups is 1. The minimum Gasteiger partial charge on any atom is -0.296 e. The Morgan fingerprint density at radius 3 is 2.00 bits per heavy atom. The maximum Gasteiger partial charge on any atom is 0.168 e. The average Bonchev–Trinajstić information content (AvgIpc) is 2.14. The Morgan fingerprint density at radius 2 is 1.62 bits per heavy atom. The number of hydrogen-bond acceptors (Lipinski definition) is 2. The minimum atomic E-state index is -0.0511. The molecule has 0 saturated carbocycles. The number of rotatable bonds is 1. The van der Waals surface area contributed by atoms with Gasteiger partial charge in [0.1, 0.15) is 5.69 Å². The van der Waals surface area contributed by atoms with Crippen LogP contribution in [-0.2, 0) is 10.8 Å². The lowest BCUT2D eigenvalue weighted by Crippen LogP contribution is -2.19. The molecule has 0 radical (unpaired) electrons. The Bertz CT molecular complexity index is 394. The summed E-state index contributed by atoms with van der Waals surface area (Å²) in [5.74, 6) is 0. The first-order valence-corrected chi connectivity index (χ1v) is 5.62. The summed E-state index contributed by atoms with van der Waals surface area (Å²) in [7, 11) is 0. The van der Waals surface area contributed by atoms with Crippen molar-refractivity contribution in [2.45, 2.75) is 52.4 Å². The van der Waals surface area contributed by atoms with E-state index >= 15 is 0 Å². The van der Waals surface area contributed by atoms with Crippen LogP contribution in [0.4, 0.5) is 0 Å². The molecule has 2 nitrogen and oxygen atoms in total. The largest absolute Gasteiger partial charge is 0.296 e. The number of carbonyl (C=O) groups excluding carboxylic acids is 1. The van der Waals surface area contributed by atoms with Gasteiger partial charge >= 0.3 is 0 Å². The van der Waals surface area contributed by atoms with E-state index in [4.69, 9.17) is 0 Å². The van der Waals surface area contributed by atoms with Crippen molar-refractivity contribution in [2.75, 3.05) is 0 Å². The molecule has 0 N–H and O–H groups in total. The second-order valence-electron chi connectivity index (χ2n) is 6.27. The van der Waals surface area contributed by atoms with Crippen molar-refractivity contribution in [3.05, 3.63) is 29.1 Å². The van der Waals surface area contributed by atoms with E-state index in [1.54, 1.807) is 6.20 Å². The number of aromatic nitrogens is 1. The molecule has 0 amide bonds. The van der Waals surface area contributed by atoms with Crippen molar-refractivity contribution in [2.24, 2.45) is 0 Å². The maximum absolute atomic E-state index is 11.0. The van der Waals surface area contributed by atoms with Crippen LogP contribution < -0.4 is 0 Å². The Hall–Kier alpha value is -1.18. The van der Waals surface area contributed by atoms with Crippen LogP contribution >= 0.6 is 0 Å². The molecule has 0 saturated heterocycles. The lowest BCUT2D eigenvalue weighted by molar-refractivity contribution is 0.111. The highest BCUT2D eigenvalue weighted by molar-refractivity contribution is 5.75. The van der Waals surface area contributed by atoms with Gasteiger partial charge in [0.2, 0.25) is 0 Å². The van der Waals surface area contributed by atoms with E-state index < -0.39 is 0 Å². The molecule has 1 aromatic heterocycles. The van der Waals surface area contributed by atoms with Gasteiger partial charge in [-0.05, 0) is 22.0 Å². The van der Waals surface area contributed by atoms with Gasteiger partial charge in [-0.1, -0.05) is 47.6 Å². The first-order chi connectivity index (χ1) is 7.16. The van der Waals surface area contributed by atoms with Crippen molar-refractivity contribution >= 4 is 6.29 Å². The SMILES string of the molecule is CC(C)(C)c1cnc(C=O)c(C(C)(C)C)c1. The fraction of sp³-hybridized carbons (Fsp3) is 0.571. The zero-order valence-corrected chi connectivity index (χ0v) is 11.1. The number of pyridine rings is 1. The molecule has 0 fully saturated rings. The predicted octanol–water partition coefficient (Wildman–Crippen LogP) is 3.49. The molecule has 1 heterocycles. The highest BCUT2D eigenvalue weighted by Gasteiger charge is 2.22. The van der Waals surface area contributed by atoms with Crippen LogP contribution in [0.25, 0.3) is 0 Å². The molecule has 0 aromatic carbocycles. The summed E-state index contributed by atoms with van der Waals surface area (Å²) in [4.78, 5) is 15.2. The van der Waals surface area contributed by atoms with Crippen LogP contribution in [0.3, 0.4) is 0 Å². The molecule has 0 aliphatic heterocycles. The molecule has 0 aliphatic rings. The monoisotopic (exact) mass is 219 g/mol. The molecule has 0 aliphatic carbocycles. The fourth-order valence-corrected chi connectivity index (χ4v) is 1.58. The standard InChI is InChI=1S/C14H21NO/c1-13(2,3)10-7-11(14(4,5)6)12(9-16)15-8-10/h7-9H,1-6H3. The number of nitrogens with zero attached hydrogens (tertiary/aromatic N) is 1. The molecular formula is C14H21NO. The first kappa shape index (κ1) is 12.9. The van der Waals surface area contributed by atoms with Gasteiger partial charge in [0, 0.05) is 6.20 Å². The second kappa shape index (κ2) is 4.00. The summed E-state index contributed by atoms with van der Waals surface area (Å²) in [6.45, 7) is 12.8.